The number of fused-ring (bicyclic) bond motifs is 1. The van der Waals surface area contributed by atoms with Crippen LogP contribution < -0.4 is 10.5 Å². The minimum absolute atomic E-state index is 0. The Morgan fingerprint density at radius 2 is 2.11 bits per heavy atom. The third-order valence-corrected chi connectivity index (χ3v) is 4.47. The van der Waals surface area contributed by atoms with Crippen molar-refractivity contribution in [3.05, 3.63) is 46.7 Å². The van der Waals surface area contributed by atoms with Crippen molar-refractivity contribution in [2.24, 2.45) is 5.73 Å². The van der Waals surface area contributed by atoms with Gasteiger partial charge in [0.1, 0.15) is 23.8 Å². The van der Waals surface area contributed by atoms with Crippen molar-refractivity contribution in [1.82, 2.24) is 9.88 Å². The van der Waals surface area contributed by atoms with Gasteiger partial charge >= 0.3 is 0 Å². The summed E-state index contributed by atoms with van der Waals surface area (Å²) in [7, 11) is 0. The van der Waals surface area contributed by atoms with Crippen LogP contribution in [0.3, 0.4) is 0 Å². The number of hydrogen-bond donors (Lipinski definition) is 1. The minimum atomic E-state index is -0.141. The fourth-order valence-electron chi connectivity index (χ4n) is 2.93. The summed E-state index contributed by atoms with van der Waals surface area (Å²) >= 11 is 0. The van der Waals surface area contributed by atoms with Gasteiger partial charge in [-0.3, -0.25) is 4.79 Å². The molecular weight excluding hydrogens is 366 g/mol. The number of amides is 1. The van der Waals surface area contributed by atoms with Crippen LogP contribution in [-0.2, 0) is 18.4 Å². The van der Waals surface area contributed by atoms with E-state index in [1.54, 1.807) is 6.07 Å². The van der Waals surface area contributed by atoms with Crippen LogP contribution in [0.5, 0.6) is 5.75 Å². The fourth-order valence-corrected chi connectivity index (χ4v) is 2.93. The van der Waals surface area contributed by atoms with E-state index in [9.17, 15) is 4.79 Å². The van der Waals surface area contributed by atoms with Gasteiger partial charge in [0.2, 0.25) is 0 Å². The monoisotopic (exact) mass is 393 g/mol. The third kappa shape index (κ3) is 4.62. The predicted molar refractivity (Wildman–Crippen MR) is 107 cm³/mol. The maximum absolute atomic E-state index is 12.9. The van der Waals surface area contributed by atoms with Gasteiger partial charge in [-0.05, 0) is 24.6 Å². The molecule has 7 heteroatoms. The van der Waals surface area contributed by atoms with E-state index in [1.807, 2.05) is 24.0 Å². The first kappa shape index (κ1) is 21.3. The highest BCUT2D eigenvalue weighted by molar-refractivity contribution is 5.94. The Hall–Kier alpha value is -2.05. The van der Waals surface area contributed by atoms with E-state index in [2.05, 4.69) is 25.8 Å². The summed E-state index contributed by atoms with van der Waals surface area (Å²) in [4.78, 5) is 19.4. The molecule has 2 aromatic rings. The molecule has 1 aliphatic rings. The number of rotatable bonds is 4. The Morgan fingerprint density at radius 3 is 2.78 bits per heavy atom. The summed E-state index contributed by atoms with van der Waals surface area (Å²) in [6.45, 7) is 10.1. The van der Waals surface area contributed by atoms with Gasteiger partial charge in [0.15, 0.2) is 5.89 Å². The number of nitrogens with two attached hydrogens (primary N) is 1. The number of nitrogens with zero attached hydrogens (tertiary/aromatic N) is 2. The number of ether oxygens (including phenoxy) is 1. The highest BCUT2D eigenvalue weighted by Crippen LogP contribution is 2.28. The molecule has 148 valence electrons. The summed E-state index contributed by atoms with van der Waals surface area (Å²) in [6, 6.07) is 5.54. The number of aryl methyl sites for hydroxylation is 1. The maximum Gasteiger partial charge on any atom is 0.254 e. The maximum atomic E-state index is 12.9. The molecule has 27 heavy (non-hydrogen) atoms. The lowest BCUT2D eigenvalue weighted by molar-refractivity contribution is 0.0727. The van der Waals surface area contributed by atoms with E-state index < -0.39 is 0 Å². The Labute approximate surface area is 166 Å². The van der Waals surface area contributed by atoms with Crippen LogP contribution in [0.4, 0.5) is 0 Å². The van der Waals surface area contributed by atoms with Crippen molar-refractivity contribution in [2.45, 2.75) is 46.1 Å². The first-order valence-corrected chi connectivity index (χ1v) is 9.01. The van der Waals surface area contributed by atoms with Crippen molar-refractivity contribution in [3.8, 4) is 5.75 Å². The lowest BCUT2D eigenvalue weighted by Gasteiger charge is -2.25. The van der Waals surface area contributed by atoms with E-state index >= 15 is 0 Å². The molecule has 0 atom stereocenters. The highest BCUT2D eigenvalue weighted by Gasteiger charge is 2.29. The SMILES string of the molecule is Cc1ccc(C(=O)N2CCc3oc(C(C)(C)C)nc3C2)cc1OCCN.Cl. The molecule has 0 saturated carbocycles. The van der Waals surface area contributed by atoms with E-state index in [-0.39, 0.29) is 23.7 Å². The van der Waals surface area contributed by atoms with Gasteiger partial charge in [0.05, 0.1) is 6.54 Å². The number of halogens is 1. The molecule has 1 amide bonds. The Balaban J connectivity index is 0.00000261. The second-order valence-corrected chi connectivity index (χ2v) is 7.73. The minimum Gasteiger partial charge on any atom is -0.492 e. The second kappa shape index (κ2) is 8.31. The molecule has 0 saturated heterocycles. The summed E-state index contributed by atoms with van der Waals surface area (Å²) in [6.07, 6.45) is 0.687. The zero-order valence-corrected chi connectivity index (χ0v) is 17.2. The Kier molecular flexibility index (Phi) is 6.54. The van der Waals surface area contributed by atoms with Gasteiger partial charge in [-0.2, -0.15) is 0 Å². The molecule has 0 aliphatic carbocycles. The molecule has 2 N–H and O–H groups in total. The zero-order valence-electron chi connectivity index (χ0n) is 16.4. The number of hydrogen-bond acceptors (Lipinski definition) is 5. The average Bonchev–Trinajstić information content (AvgIpc) is 3.04. The van der Waals surface area contributed by atoms with E-state index in [0.717, 1.165) is 22.9 Å². The Bertz CT molecular complexity index is 811. The normalized spacial score (nSPS) is 13.7. The number of oxazole rings is 1. The summed E-state index contributed by atoms with van der Waals surface area (Å²) in [5, 5.41) is 0. The van der Waals surface area contributed by atoms with Gasteiger partial charge in [0, 0.05) is 30.5 Å². The lowest BCUT2D eigenvalue weighted by atomic mass is 9.97. The first-order valence-electron chi connectivity index (χ1n) is 9.01. The fraction of sp³-hybridized carbons (Fsp3) is 0.500. The summed E-state index contributed by atoms with van der Waals surface area (Å²) < 4.78 is 11.5. The van der Waals surface area contributed by atoms with Crippen molar-refractivity contribution >= 4 is 18.3 Å². The summed E-state index contributed by atoms with van der Waals surface area (Å²) in [5.74, 6) is 2.31. The van der Waals surface area contributed by atoms with Gasteiger partial charge in [-0.25, -0.2) is 4.98 Å². The van der Waals surface area contributed by atoms with Crippen molar-refractivity contribution in [1.29, 1.82) is 0 Å². The molecule has 0 fully saturated rings. The Morgan fingerprint density at radius 1 is 1.37 bits per heavy atom. The van der Waals surface area contributed by atoms with Crippen LogP contribution >= 0.6 is 12.4 Å². The van der Waals surface area contributed by atoms with Crippen LogP contribution in [0.1, 0.15) is 54.0 Å². The number of aromatic nitrogens is 1. The molecule has 0 unspecified atom stereocenters. The summed E-state index contributed by atoms with van der Waals surface area (Å²) in [5.41, 5.74) is 7.83. The zero-order chi connectivity index (χ0) is 18.9. The van der Waals surface area contributed by atoms with Gasteiger partial charge in [-0.15, -0.1) is 12.4 Å². The van der Waals surface area contributed by atoms with E-state index in [1.165, 1.54) is 0 Å². The second-order valence-electron chi connectivity index (χ2n) is 7.73. The molecular formula is C20H28ClN3O3. The van der Waals surface area contributed by atoms with Gasteiger partial charge in [-0.1, -0.05) is 26.8 Å². The van der Waals surface area contributed by atoms with E-state index in [0.29, 0.717) is 44.0 Å². The highest BCUT2D eigenvalue weighted by atomic mass is 35.5. The predicted octanol–water partition coefficient (Wildman–Crippen LogP) is 3.24. The van der Waals surface area contributed by atoms with Crippen LogP contribution in [0.15, 0.2) is 22.6 Å². The molecule has 1 aliphatic heterocycles. The first-order chi connectivity index (χ1) is 12.3. The molecule has 3 rings (SSSR count). The average molecular weight is 394 g/mol. The topological polar surface area (TPSA) is 81.6 Å². The lowest BCUT2D eigenvalue weighted by Crippen LogP contribution is -2.35. The van der Waals surface area contributed by atoms with Crippen LogP contribution in [0.2, 0.25) is 0 Å². The molecule has 1 aromatic heterocycles. The van der Waals surface area contributed by atoms with E-state index in [4.69, 9.17) is 14.9 Å². The van der Waals surface area contributed by atoms with Gasteiger partial charge < -0.3 is 19.8 Å². The molecule has 0 bridgehead atoms. The van der Waals surface area contributed by atoms with Crippen molar-refractivity contribution < 1.29 is 13.9 Å². The largest absolute Gasteiger partial charge is 0.492 e. The van der Waals surface area contributed by atoms with Crippen LogP contribution in [0.25, 0.3) is 0 Å². The quantitative estimate of drug-likeness (QED) is 0.862. The molecule has 1 aromatic carbocycles. The number of carbonyl (C=O) groups excluding carboxylic acids is 1. The van der Waals surface area contributed by atoms with Crippen LogP contribution in [-0.4, -0.2) is 35.5 Å². The smallest absolute Gasteiger partial charge is 0.254 e. The van der Waals surface area contributed by atoms with Crippen LogP contribution in [0, 0.1) is 6.92 Å². The molecule has 2 heterocycles. The third-order valence-electron chi connectivity index (χ3n) is 4.47. The van der Waals surface area contributed by atoms with Crippen molar-refractivity contribution in [3.63, 3.8) is 0 Å². The van der Waals surface area contributed by atoms with Gasteiger partial charge in [0.25, 0.3) is 5.91 Å². The molecule has 0 radical (unpaired) electrons. The van der Waals surface area contributed by atoms with Crippen molar-refractivity contribution in [2.75, 3.05) is 19.7 Å². The number of carbonyl (C=O) groups is 1. The number of benzene rings is 1. The molecule has 0 spiro atoms. The molecule has 6 nitrogen and oxygen atoms in total. The standard InChI is InChI=1S/C20H27N3O3.ClH/c1-13-5-6-14(11-17(13)25-10-8-21)18(24)23-9-7-16-15(12-23)22-19(26-16)20(2,3)4;/h5-6,11H,7-10,12,21H2,1-4H3;1H.